The Morgan fingerprint density at radius 1 is 1.48 bits per heavy atom. The lowest BCUT2D eigenvalue weighted by Crippen LogP contribution is -2.44. The molecule has 0 radical (unpaired) electrons. The van der Waals surface area contributed by atoms with Crippen LogP contribution in [-0.4, -0.2) is 37.9 Å². The van der Waals surface area contributed by atoms with Crippen molar-refractivity contribution in [3.05, 3.63) is 28.8 Å². The van der Waals surface area contributed by atoms with Gasteiger partial charge in [0.15, 0.2) is 5.13 Å². The third kappa shape index (κ3) is 2.79. The highest BCUT2D eigenvalue weighted by atomic mass is 32.1. The minimum atomic E-state index is -0.182. The number of imidazole rings is 1. The lowest BCUT2D eigenvalue weighted by Gasteiger charge is -2.31. The number of carbonyl (C=O) groups is 1. The Labute approximate surface area is 139 Å². The van der Waals surface area contributed by atoms with Crippen LogP contribution in [0.5, 0.6) is 0 Å². The van der Waals surface area contributed by atoms with Crippen LogP contribution < -0.4 is 5.32 Å². The average molecular weight is 331 g/mol. The number of thiazole rings is 1. The summed E-state index contributed by atoms with van der Waals surface area (Å²) >= 11 is 1.44. The Morgan fingerprint density at radius 3 is 3.00 bits per heavy atom. The summed E-state index contributed by atoms with van der Waals surface area (Å²) in [5, 5.41) is 5.41. The van der Waals surface area contributed by atoms with Crippen LogP contribution in [-0.2, 0) is 24.8 Å². The smallest absolute Gasteiger partial charge is 0.243 e. The second-order valence-electron chi connectivity index (χ2n) is 6.42. The topological polar surface area (TPSA) is 63.1 Å². The molecule has 7 heteroatoms. The highest BCUT2D eigenvalue weighted by Crippen LogP contribution is 2.40. The number of aromatic nitrogens is 3. The van der Waals surface area contributed by atoms with Gasteiger partial charge in [0.1, 0.15) is 5.82 Å². The first-order valence-corrected chi connectivity index (χ1v) is 9.00. The van der Waals surface area contributed by atoms with Crippen molar-refractivity contribution >= 4 is 22.4 Å². The summed E-state index contributed by atoms with van der Waals surface area (Å²) in [4.78, 5) is 23.6. The highest BCUT2D eigenvalue weighted by Gasteiger charge is 2.33. The zero-order valence-electron chi connectivity index (χ0n) is 13.5. The molecular weight excluding hydrogens is 310 g/mol. The van der Waals surface area contributed by atoms with Crippen molar-refractivity contribution in [2.24, 2.45) is 7.05 Å². The van der Waals surface area contributed by atoms with E-state index in [2.05, 4.69) is 26.8 Å². The van der Waals surface area contributed by atoms with Crippen molar-refractivity contribution in [2.45, 2.75) is 44.7 Å². The summed E-state index contributed by atoms with van der Waals surface area (Å²) in [7, 11) is 2.13. The standard InChI is InChI=1S/C16H21N5OS/c1-10(15(22)19-16-17-6-8-23-16)21-7-5-13-12(9-21)18-14(20(13)2)11-3-4-11/h6,8,10-11H,3-5,7,9H2,1-2H3,(H,17,19,22)/t10-/m0/s1. The number of hydrogen-bond donors (Lipinski definition) is 1. The van der Waals surface area contributed by atoms with Crippen LogP contribution in [0, 0.1) is 0 Å². The van der Waals surface area contributed by atoms with Crippen LogP contribution in [0.3, 0.4) is 0 Å². The molecule has 122 valence electrons. The predicted octanol–water partition coefficient (Wildman–Crippen LogP) is 2.14. The fourth-order valence-electron chi connectivity index (χ4n) is 3.27. The molecule has 3 heterocycles. The lowest BCUT2D eigenvalue weighted by molar-refractivity contribution is -0.121. The van der Waals surface area contributed by atoms with Gasteiger partial charge in [-0.2, -0.15) is 0 Å². The van der Waals surface area contributed by atoms with Crippen molar-refractivity contribution in [3.8, 4) is 0 Å². The molecule has 0 bridgehead atoms. The van der Waals surface area contributed by atoms with Crippen LogP contribution in [0.1, 0.15) is 42.9 Å². The molecule has 0 saturated heterocycles. The first-order chi connectivity index (χ1) is 11.1. The molecule has 2 aromatic heterocycles. The summed E-state index contributed by atoms with van der Waals surface area (Å²) in [5.74, 6) is 1.89. The van der Waals surface area contributed by atoms with Gasteiger partial charge in [-0.1, -0.05) is 0 Å². The molecule has 2 aromatic rings. The van der Waals surface area contributed by atoms with E-state index in [1.807, 2.05) is 12.3 Å². The molecule has 1 aliphatic heterocycles. The van der Waals surface area contributed by atoms with Gasteiger partial charge in [0.25, 0.3) is 0 Å². The maximum absolute atomic E-state index is 12.4. The number of amides is 1. The van der Waals surface area contributed by atoms with E-state index in [0.29, 0.717) is 11.0 Å². The zero-order valence-corrected chi connectivity index (χ0v) is 14.3. The van der Waals surface area contributed by atoms with Gasteiger partial charge in [0.2, 0.25) is 5.91 Å². The molecule has 0 spiro atoms. The van der Waals surface area contributed by atoms with Gasteiger partial charge in [-0.05, 0) is 19.8 Å². The third-order valence-electron chi connectivity index (χ3n) is 4.85. The quantitative estimate of drug-likeness (QED) is 0.932. The molecule has 1 amide bonds. The number of fused-ring (bicyclic) bond motifs is 1. The molecule has 1 atom stereocenters. The lowest BCUT2D eigenvalue weighted by atomic mass is 10.1. The summed E-state index contributed by atoms with van der Waals surface area (Å²) in [5.41, 5.74) is 2.49. The fourth-order valence-corrected chi connectivity index (χ4v) is 3.80. The minimum Gasteiger partial charge on any atom is -0.335 e. The van der Waals surface area contributed by atoms with Crippen molar-refractivity contribution in [1.82, 2.24) is 19.4 Å². The van der Waals surface area contributed by atoms with Gasteiger partial charge in [-0.25, -0.2) is 9.97 Å². The molecule has 6 nitrogen and oxygen atoms in total. The molecule has 1 saturated carbocycles. The highest BCUT2D eigenvalue weighted by molar-refractivity contribution is 7.13. The van der Waals surface area contributed by atoms with E-state index in [0.717, 1.165) is 25.2 Å². The number of hydrogen-bond acceptors (Lipinski definition) is 5. The Kier molecular flexibility index (Phi) is 3.69. The van der Waals surface area contributed by atoms with Gasteiger partial charge >= 0.3 is 0 Å². The van der Waals surface area contributed by atoms with E-state index >= 15 is 0 Å². The van der Waals surface area contributed by atoms with Gasteiger partial charge in [0.05, 0.1) is 11.7 Å². The molecule has 1 fully saturated rings. The Hall–Kier alpha value is -1.73. The van der Waals surface area contributed by atoms with E-state index in [1.165, 1.54) is 35.7 Å². The van der Waals surface area contributed by atoms with Crippen LogP contribution >= 0.6 is 11.3 Å². The third-order valence-corrected chi connectivity index (χ3v) is 5.54. The SMILES string of the molecule is C[C@@H](C(=O)Nc1nccs1)N1CCc2c(nc(C3CC3)n2C)C1. The summed E-state index contributed by atoms with van der Waals surface area (Å²) in [6.07, 6.45) is 5.19. The molecule has 1 aliphatic carbocycles. The largest absolute Gasteiger partial charge is 0.335 e. The second kappa shape index (κ2) is 5.72. The van der Waals surface area contributed by atoms with Crippen LogP contribution in [0.25, 0.3) is 0 Å². The second-order valence-corrected chi connectivity index (χ2v) is 7.31. The Bertz CT molecular complexity index is 719. The molecular formula is C16H21N5OS. The van der Waals surface area contributed by atoms with Crippen LogP contribution in [0.4, 0.5) is 5.13 Å². The van der Waals surface area contributed by atoms with E-state index < -0.39 is 0 Å². The molecule has 1 N–H and O–H groups in total. The van der Waals surface area contributed by atoms with Crippen molar-refractivity contribution in [1.29, 1.82) is 0 Å². The van der Waals surface area contributed by atoms with E-state index in [4.69, 9.17) is 4.98 Å². The van der Waals surface area contributed by atoms with Gasteiger partial charge < -0.3 is 9.88 Å². The molecule has 0 unspecified atom stereocenters. The maximum Gasteiger partial charge on any atom is 0.243 e. The van der Waals surface area contributed by atoms with Gasteiger partial charge in [-0.3, -0.25) is 9.69 Å². The zero-order chi connectivity index (χ0) is 16.0. The van der Waals surface area contributed by atoms with Crippen molar-refractivity contribution in [2.75, 3.05) is 11.9 Å². The molecule has 2 aliphatic rings. The van der Waals surface area contributed by atoms with Crippen molar-refractivity contribution in [3.63, 3.8) is 0 Å². The first-order valence-electron chi connectivity index (χ1n) is 8.12. The van der Waals surface area contributed by atoms with Crippen LogP contribution in [0.15, 0.2) is 11.6 Å². The minimum absolute atomic E-state index is 0.00162. The Balaban J connectivity index is 1.46. The predicted molar refractivity (Wildman–Crippen MR) is 89.5 cm³/mol. The monoisotopic (exact) mass is 331 g/mol. The fraction of sp³-hybridized carbons (Fsp3) is 0.562. The van der Waals surface area contributed by atoms with E-state index in [9.17, 15) is 4.79 Å². The number of nitrogens with zero attached hydrogens (tertiary/aromatic N) is 4. The summed E-state index contributed by atoms with van der Waals surface area (Å²) in [6.45, 7) is 3.60. The van der Waals surface area contributed by atoms with Crippen LogP contribution in [0.2, 0.25) is 0 Å². The number of anilines is 1. The first kappa shape index (κ1) is 14.8. The summed E-state index contributed by atoms with van der Waals surface area (Å²) in [6, 6.07) is -0.182. The normalized spacial score (nSPS) is 19.4. The summed E-state index contributed by atoms with van der Waals surface area (Å²) < 4.78 is 2.28. The number of carbonyl (C=O) groups excluding carboxylic acids is 1. The number of nitrogens with one attached hydrogen (secondary N) is 1. The maximum atomic E-state index is 12.4. The van der Waals surface area contributed by atoms with Gasteiger partial charge in [-0.15, -0.1) is 11.3 Å². The molecule has 23 heavy (non-hydrogen) atoms. The molecule has 4 rings (SSSR count). The number of rotatable bonds is 4. The van der Waals surface area contributed by atoms with Crippen molar-refractivity contribution < 1.29 is 4.79 Å². The Morgan fingerprint density at radius 2 is 2.30 bits per heavy atom. The van der Waals surface area contributed by atoms with Gasteiger partial charge in [0, 0.05) is 49.7 Å². The molecule has 0 aromatic carbocycles. The van der Waals surface area contributed by atoms with E-state index in [-0.39, 0.29) is 11.9 Å². The average Bonchev–Trinajstić information content (AvgIpc) is 3.17. The van der Waals surface area contributed by atoms with E-state index in [1.54, 1.807) is 6.20 Å².